The van der Waals surface area contributed by atoms with E-state index in [1.54, 1.807) is 20.8 Å². The second-order valence-corrected chi connectivity index (χ2v) is 3.76. The minimum absolute atomic E-state index is 0.216. The summed E-state index contributed by atoms with van der Waals surface area (Å²) in [4.78, 5) is 0. The highest BCUT2D eigenvalue weighted by atomic mass is 19.1. The largest absolute Gasteiger partial charge is 0.342 e. The third-order valence-corrected chi connectivity index (χ3v) is 2.23. The number of ether oxygens (including phenoxy) is 3. The summed E-state index contributed by atoms with van der Waals surface area (Å²) in [5.41, 5.74) is 0. The van der Waals surface area contributed by atoms with Gasteiger partial charge in [0.25, 0.3) is 0 Å². The van der Waals surface area contributed by atoms with Gasteiger partial charge in [0, 0.05) is 0 Å². The van der Waals surface area contributed by atoms with Crippen molar-refractivity contribution in [3.63, 3.8) is 0 Å². The standard InChI is InChI=1S/C8H13FO3/c1-4-5-6(7(9)10-4)12-8(2,3)11-5/h4-7H,1-3H3/t4-,5-,6-,7?/m0/s1. The Bertz CT molecular complexity index is 177. The molecule has 70 valence electrons. The number of hydrogen-bond acceptors (Lipinski definition) is 3. The molecular weight excluding hydrogens is 163 g/mol. The summed E-state index contributed by atoms with van der Waals surface area (Å²) in [5, 5.41) is 0. The van der Waals surface area contributed by atoms with Crippen LogP contribution in [0.5, 0.6) is 0 Å². The molecule has 1 unspecified atom stereocenters. The van der Waals surface area contributed by atoms with E-state index in [9.17, 15) is 4.39 Å². The maximum absolute atomic E-state index is 13.0. The van der Waals surface area contributed by atoms with Gasteiger partial charge < -0.3 is 14.2 Å². The van der Waals surface area contributed by atoms with Crippen LogP contribution in [0.25, 0.3) is 0 Å². The molecule has 0 radical (unpaired) electrons. The number of hydrogen-bond donors (Lipinski definition) is 0. The molecule has 0 N–H and O–H groups in total. The molecule has 2 rings (SSSR count). The minimum atomic E-state index is -1.34. The lowest BCUT2D eigenvalue weighted by Crippen LogP contribution is -2.27. The van der Waals surface area contributed by atoms with Crippen LogP contribution < -0.4 is 0 Å². The second kappa shape index (κ2) is 2.40. The molecule has 2 heterocycles. The van der Waals surface area contributed by atoms with Crippen LogP contribution in [0.4, 0.5) is 4.39 Å². The van der Waals surface area contributed by atoms with E-state index < -0.39 is 18.2 Å². The quantitative estimate of drug-likeness (QED) is 0.555. The van der Waals surface area contributed by atoms with E-state index in [2.05, 4.69) is 0 Å². The number of rotatable bonds is 0. The van der Waals surface area contributed by atoms with Crippen molar-refractivity contribution in [1.82, 2.24) is 0 Å². The highest BCUT2D eigenvalue weighted by Gasteiger charge is 2.54. The summed E-state index contributed by atoms with van der Waals surface area (Å²) in [7, 11) is 0. The molecule has 3 nitrogen and oxygen atoms in total. The molecule has 0 aromatic heterocycles. The van der Waals surface area contributed by atoms with Gasteiger partial charge in [0.05, 0.1) is 6.10 Å². The third kappa shape index (κ3) is 1.14. The van der Waals surface area contributed by atoms with E-state index >= 15 is 0 Å². The molecule has 2 fully saturated rings. The van der Waals surface area contributed by atoms with Gasteiger partial charge in [-0.15, -0.1) is 0 Å². The van der Waals surface area contributed by atoms with Crippen molar-refractivity contribution in [2.45, 2.75) is 51.2 Å². The maximum Gasteiger partial charge on any atom is 0.228 e. The van der Waals surface area contributed by atoms with Gasteiger partial charge in [-0.2, -0.15) is 0 Å². The molecule has 2 saturated heterocycles. The molecule has 0 bridgehead atoms. The summed E-state index contributed by atoms with van der Waals surface area (Å²) in [6, 6.07) is 0. The van der Waals surface area contributed by atoms with Crippen molar-refractivity contribution in [1.29, 1.82) is 0 Å². The van der Waals surface area contributed by atoms with E-state index in [1.165, 1.54) is 0 Å². The van der Waals surface area contributed by atoms with Crippen LogP contribution in [0.1, 0.15) is 20.8 Å². The zero-order chi connectivity index (χ0) is 8.93. The Kier molecular flexibility index (Phi) is 1.68. The molecule has 0 spiro atoms. The number of fused-ring (bicyclic) bond motifs is 1. The van der Waals surface area contributed by atoms with Crippen molar-refractivity contribution in [3.8, 4) is 0 Å². The summed E-state index contributed by atoms with van der Waals surface area (Å²) >= 11 is 0. The lowest BCUT2D eigenvalue weighted by molar-refractivity contribution is -0.201. The van der Waals surface area contributed by atoms with Crippen molar-refractivity contribution >= 4 is 0 Å². The molecule has 4 atom stereocenters. The molecule has 0 aromatic rings. The van der Waals surface area contributed by atoms with Crippen LogP contribution in [0.3, 0.4) is 0 Å². The molecule has 4 heteroatoms. The summed E-state index contributed by atoms with van der Waals surface area (Å²) in [5.74, 6) is -0.669. The summed E-state index contributed by atoms with van der Waals surface area (Å²) in [6.45, 7) is 5.36. The SMILES string of the molecule is C[C@@H]1OC(F)[C@H]2OC(C)(C)O[C@@H]12. The minimum Gasteiger partial charge on any atom is -0.342 e. The monoisotopic (exact) mass is 176 g/mol. The third-order valence-electron chi connectivity index (χ3n) is 2.23. The maximum atomic E-state index is 13.0. The zero-order valence-corrected chi connectivity index (χ0v) is 7.41. The van der Waals surface area contributed by atoms with E-state index in [1.807, 2.05) is 0 Å². The average molecular weight is 176 g/mol. The number of alkyl halides is 1. The lowest BCUT2D eigenvalue weighted by Gasteiger charge is -2.20. The number of halogens is 1. The first kappa shape index (κ1) is 8.41. The fourth-order valence-electron chi connectivity index (χ4n) is 1.74. The van der Waals surface area contributed by atoms with E-state index in [-0.39, 0.29) is 12.2 Å². The van der Waals surface area contributed by atoms with Gasteiger partial charge in [-0.05, 0) is 20.8 Å². The van der Waals surface area contributed by atoms with Crippen molar-refractivity contribution in [2.24, 2.45) is 0 Å². The van der Waals surface area contributed by atoms with Crippen LogP contribution in [0.15, 0.2) is 0 Å². The molecule has 12 heavy (non-hydrogen) atoms. The Morgan fingerprint density at radius 1 is 1.17 bits per heavy atom. The van der Waals surface area contributed by atoms with Crippen molar-refractivity contribution < 1.29 is 18.6 Å². The first-order valence-corrected chi connectivity index (χ1v) is 4.15. The van der Waals surface area contributed by atoms with Crippen LogP contribution in [0, 0.1) is 0 Å². The smallest absolute Gasteiger partial charge is 0.228 e. The molecular formula is C8H13FO3. The Morgan fingerprint density at radius 2 is 1.75 bits per heavy atom. The van der Waals surface area contributed by atoms with E-state index in [4.69, 9.17) is 14.2 Å². The molecule has 0 aliphatic carbocycles. The van der Waals surface area contributed by atoms with Gasteiger partial charge in [0.1, 0.15) is 12.2 Å². The van der Waals surface area contributed by atoms with Crippen molar-refractivity contribution in [2.75, 3.05) is 0 Å². The van der Waals surface area contributed by atoms with Gasteiger partial charge >= 0.3 is 0 Å². The molecule has 2 aliphatic heterocycles. The fourth-order valence-corrected chi connectivity index (χ4v) is 1.74. The lowest BCUT2D eigenvalue weighted by atomic mass is 10.2. The summed E-state index contributed by atoms with van der Waals surface area (Å²) < 4.78 is 28.8. The van der Waals surface area contributed by atoms with Gasteiger partial charge in [-0.25, -0.2) is 4.39 Å². The Hall–Kier alpha value is -0.190. The van der Waals surface area contributed by atoms with Crippen LogP contribution in [-0.4, -0.2) is 30.5 Å². The Balaban J connectivity index is 2.15. The van der Waals surface area contributed by atoms with Crippen LogP contribution in [-0.2, 0) is 14.2 Å². The Labute approximate surface area is 70.8 Å². The van der Waals surface area contributed by atoms with E-state index in [0.29, 0.717) is 0 Å². The van der Waals surface area contributed by atoms with Gasteiger partial charge in [0.2, 0.25) is 6.36 Å². The second-order valence-electron chi connectivity index (χ2n) is 3.76. The highest BCUT2D eigenvalue weighted by Crippen LogP contribution is 2.38. The molecule has 0 saturated carbocycles. The van der Waals surface area contributed by atoms with Crippen LogP contribution in [0.2, 0.25) is 0 Å². The highest BCUT2D eigenvalue weighted by molar-refractivity contribution is 4.92. The van der Waals surface area contributed by atoms with E-state index in [0.717, 1.165) is 0 Å². The van der Waals surface area contributed by atoms with Gasteiger partial charge in [-0.3, -0.25) is 0 Å². The average Bonchev–Trinajstić information content (AvgIpc) is 2.34. The Morgan fingerprint density at radius 3 is 2.33 bits per heavy atom. The molecule has 2 aliphatic rings. The van der Waals surface area contributed by atoms with Crippen molar-refractivity contribution in [3.05, 3.63) is 0 Å². The molecule has 0 amide bonds. The predicted octanol–water partition coefficient (Wildman–Crippen LogP) is 1.22. The molecule has 0 aromatic carbocycles. The zero-order valence-electron chi connectivity index (χ0n) is 7.41. The van der Waals surface area contributed by atoms with Gasteiger partial charge in [0.15, 0.2) is 5.79 Å². The summed E-state index contributed by atoms with van der Waals surface area (Å²) in [6.07, 6.45) is -2.36. The normalized spacial score (nSPS) is 51.0. The topological polar surface area (TPSA) is 27.7 Å². The van der Waals surface area contributed by atoms with Gasteiger partial charge in [-0.1, -0.05) is 0 Å². The predicted molar refractivity (Wildman–Crippen MR) is 39.3 cm³/mol. The first-order valence-electron chi connectivity index (χ1n) is 4.15. The van der Waals surface area contributed by atoms with Crippen LogP contribution >= 0.6 is 0 Å². The first-order chi connectivity index (χ1) is 5.49. The fraction of sp³-hybridized carbons (Fsp3) is 1.00.